The molecule has 2 rings (SSSR count). The molecule has 0 bridgehead atoms. The fourth-order valence-corrected chi connectivity index (χ4v) is 2.76. The summed E-state index contributed by atoms with van der Waals surface area (Å²) < 4.78 is 11.1. The standard InChI is InChI=1S/C15H22ClNO3/c1-19-14-10-13(16)9-12(11-18)15(14)20-8-4-7-17-5-2-3-6-17/h9-10,18H,2-8,11H2,1H3. The maximum absolute atomic E-state index is 9.39. The third-order valence-electron chi connectivity index (χ3n) is 3.55. The van der Waals surface area contributed by atoms with Crippen molar-refractivity contribution in [2.24, 2.45) is 0 Å². The van der Waals surface area contributed by atoms with Crippen LogP contribution in [0.1, 0.15) is 24.8 Å². The Hall–Kier alpha value is -0.970. The van der Waals surface area contributed by atoms with Crippen LogP contribution in [0.2, 0.25) is 5.02 Å². The van der Waals surface area contributed by atoms with Gasteiger partial charge in [-0.1, -0.05) is 11.6 Å². The van der Waals surface area contributed by atoms with Gasteiger partial charge in [0.05, 0.1) is 20.3 Å². The monoisotopic (exact) mass is 299 g/mol. The largest absolute Gasteiger partial charge is 0.493 e. The Balaban J connectivity index is 1.90. The van der Waals surface area contributed by atoms with E-state index in [1.54, 1.807) is 19.2 Å². The van der Waals surface area contributed by atoms with Gasteiger partial charge in [0, 0.05) is 23.2 Å². The van der Waals surface area contributed by atoms with Gasteiger partial charge in [0.15, 0.2) is 11.5 Å². The van der Waals surface area contributed by atoms with E-state index in [2.05, 4.69) is 4.90 Å². The number of benzene rings is 1. The summed E-state index contributed by atoms with van der Waals surface area (Å²) in [6.07, 6.45) is 3.58. The summed E-state index contributed by atoms with van der Waals surface area (Å²) in [5.74, 6) is 1.17. The number of methoxy groups -OCH3 is 1. The molecule has 0 spiro atoms. The van der Waals surface area contributed by atoms with Crippen molar-refractivity contribution in [1.82, 2.24) is 4.90 Å². The van der Waals surface area contributed by atoms with Crippen LogP contribution in [-0.2, 0) is 6.61 Å². The van der Waals surface area contributed by atoms with Crippen LogP contribution in [0.25, 0.3) is 0 Å². The molecule has 1 aliphatic rings. The van der Waals surface area contributed by atoms with E-state index < -0.39 is 0 Å². The number of likely N-dealkylation sites (tertiary alicyclic amines) is 1. The number of aliphatic hydroxyl groups excluding tert-OH is 1. The molecule has 5 heteroatoms. The summed E-state index contributed by atoms with van der Waals surface area (Å²) in [6, 6.07) is 3.41. The zero-order chi connectivity index (χ0) is 14.4. The molecule has 1 fully saturated rings. The topological polar surface area (TPSA) is 41.9 Å². The lowest BCUT2D eigenvalue weighted by Gasteiger charge is -2.17. The summed E-state index contributed by atoms with van der Waals surface area (Å²) in [7, 11) is 1.57. The maximum atomic E-state index is 9.39. The van der Waals surface area contributed by atoms with Crippen molar-refractivity contribution < 1.29 is 14.6 Å². The van der Waals surface area contributed by atoms with Crippen molar-refractivity contribution in [1.29, 1.82) is 0 Å². The van der Waals surface area contributed by atoms with Gasteiger partial charge in [0.25, 0.3) is 0 Å². The summed E-state index contributed by atoms with van der Waals surface area (Å²) in [5, 5.41) is 9.93. The average molecular weight is 300 g/mol. The Morgan fingerprint density at radius 2 is 2.05 bits per heavy atom. The quantitative estimate of drug-likeness (QED) is 0.786. The van der Waals surface area contributed by atoms with Gasteiger partial charge in [-0.15, -0.1) is 0 Å². The predicted octanol–water partition coefficient (Wildman–Crippen LogP) is 2.71. The molecular formula is C15H22ClNO3. The highest BCUT2D eigenvalue weighted by Crippen LogP contribution is 2.34. The lowest BCUT2D eigenvalue weighted by atomic mass is 10.2. The number of hydrogen-bond donors (Lipinski definition) is 1. The lowest BCUT2D eigenvalue weighted by molar-refractivity contribution is 0.238. The van der Waals surface area contributed by atoms with Crippen LogP contribution in [0, 0.1) is 0 Å². The van der Waals surface area contributed by atoms with Crippen LogP contribution < -0.4 is 9.47 Å². The number of halogens is 1. The zero-order valence-corrected chi connectivity index (χ0v) is 12.7. The Morgan fingerprint density at radius 3 is 2.70 bits per heavy atom. The zero-order valence-electron chi connectivity index (χ0n) is 11.9. The third-order valence-corrected chi connectivity index (χ3v) is 3.77. The molecule has 1 saturated heterocycles. The highest BCUT2D eigenvalue weighted by atomic mass is 35.5. The first kappa shape index (κ1) is 15.4. The Labute approximate surface area is 125 Å². The first-order chi connectivity index (χ1) is 9.74. The molecule has 0 aliphatic carbocycles. The molecule has 1 heterocycles. The number of ether oxygens (including phenoxy) is 2. The molecule has 0 atom stereocenters. The van der Waals surface area contributed by atoms with E-state index in [4.69, 9.17) is 21.1 Å². The molecule has 1 aromatic rings. The van der Waals surface area contributed by atoms with E-state index >= 15 is 0 Å². The van der Waals surface area contributed by atoms with Crippen LogP contribution in [0.3, 0.4) is 0 Å². The molecule has 112 valence electrons. The van der Waals surface area contributed by atoms with Crippen molar-refractivity contribution >= 4 is 11.6 Å². The van der Waals surface area contributed by atoms with Gasteiger partial charge in [-0.25, -0.2) is 0 Å². The first-order valence-corrected chi connectivity index (χ1v) is 7.45. The molecule has 0 aromatic heterocycles. The van der Waals surface area contributed by atoms with Gasteiger partial charge in [-0.3, -0.25) is 0 Å². The molecule has 1 aliphatic heterocycles. The van der Waals surface area contributed by atoms with Crippen molar-refractivity contribution in [2.75, 3.05) is 33.4 Å². The number of aliphatic hydroxyl groups is 1. The minimum Gasteiger partial charge on any atom is -0.493 e. The molecule has 1 aromatic carbocycles. The highest BCUT2D eigenvalue weighted by Gasteiger charge is 2.13. The van der Waals surface area contributed by atoms with Crippen LogP contribution in [0.4, 0.5) is 0 Å². The Kier molecular flexibility index (Phi) is 5.95. The van der Waals surface area contributed by atoms with Crippen LogP contribution in [-0.4, -0.2) is 43.4 Å². The fourth-order valence-electron chi connectivity index (χ4n) is 2.52. The van der Waals surface area contributed by atoms with E-state index in [1.165, 1.54) is 25.9 Å². The minimum atomic E-state index is -0.113. The average Bonchev–Trinajstić information content (AvgIpc) is 2.97. The second kappa shape index (κ2) is 7.72. The summed E-state index contributed by atoms with van der Waals surface area (Å²) in [4.78, 5) is 2.45. The third kappa shape index (κ3) is 4.01. The van der Waals surface area contributed by atoms with Crippen LogP contribution in [0.5, 0.6) is 11.5 Å². The summed E-state index contributed by atoms with van der Waals surface area (Å²) in [5.41, 5.74) is 0.663. The maximum Gasteiger partial charge on any atom is 0.166 e. The summed E-state index contributed by atoms with van der Waals surface area (Å²) >= 11 is 5.97. The van der Waals surface area contributed by atoms with E-state index in [1.807, 2.05) is 0 Å². The normalized spacial score (nSPS) is 15.6. The van der Waals surface area contributed by atoms with Gasteiger partial charge in [-0.05, 0) is 38.4 Å². The van der Waals surface area contributed by atoms with Crippen LogP contribution >= 0.6 is 11.6 Å². The molecule has 0 unspecified atom stereocenters. The van der Waals surface area contributed by atoms with Gasteiger partial charge in [0.2, 0.25) is 0 Å². The molecule has 0 saturated carbocycles. The molecule has 1 N–H and O–H groups in total. The smallest absolute Gasteiger partial charge is 0.166 e. The first-order valence-electron chi connectivity index (χ1n) is 7.07. The van der Waals surface area contributed by atoms with Crippen LogP contribution in [0.15, 0.2) is 12.1 Å². The highest BCUT2D eigenvalue weighted by molar-refractivity contribution is 6.30. The fraction of sp³-hybridized carbons (Fsp3) is 0.600. The number of rotatable bonds is 7. The van der Waals surface area contributed by atoms with E-state index in [9.17, 15) is 5.11 Å². The Bertz CT molecular complexity index is 408. The SMILES string of the molecule is COc1cc(Cl)cc(CO)c1OCCCN1CCCC1. The number of hydrogen-bond acceptors (Lipinski definition) is 4. The molecule has 0 radical (unpaired) electrons. The van der Waals surface area contributed by atoms with Gasteiger partial charge >= 0.3 is 0 Å². The van der Waals surface area contributed by atoms with Crippen molar-refractivity contribution in [3.63, 3.8) is 0 Å². The second-order valence-electron chi connectivity index (χ2n) is 5.01. The van der Waals surface area contributed by atoms with Gasteiger partial charge < -0.3 is 19.5 Å². The van der Waals surface area contributed by atoms with Crippen molar-refractivity contribution in [3.8, 4) is 11.5 Å². The van der Waals surface area contributed by atoms with E-state index in [0.717, 1.165) is 13.0 Å². The molecule has 4 nitrogen and oxygen atoms in total. The molecule has 20 heavy (non-hydrogen) atoms. The van der Waals surface area contributed by atoms with Gasteiger partial charge in [-0.2, -0.15) is 0 Å². The number of nitrogens with zero attached hydrogens (tertiary/aromatic N) is 1. The van der Waals surface area contributed by atoms with Crippen molar-refractivity contribution in [2.45, 2.75) is 25.9 Å². The minimum absolute atomic E-state index is 0.113. The van der Waals surface area contributed by atoms with E-state index in [-0.39, 0.29) is 6.61 Å². The Morgan fingerprint density at radius 1 is 1.30 bits per heavy atom. The lowest BCUT2D eigenvalue weighted by Crippen LogP contribution is -2.22. The summed E-state index contributed by atoms with van der Waals surface area (Å²) in [6.45, 7) is 3.96. The second-order valence-corrected chi connectivity index (χ2v) is 5.44. The predicted molar refractivity (Wildman–Crippen MR) is 79.7 cm³/mol. The van der Waals surface area contributed by atoms with Crippen molar-refractivity contribution in [3.05, 3.63) is 22.7 Å². The molecular weight excluding hydrogens is 278 g/mol. The van der Waals surface area contributed by atoms with Gasteiger partial charge in [0.1, 0.15) is 0 Å². The van der Waals surface area contributed by atoms with E-state index in [0.29, 0.717) is 28.7 Å². The molecule has 0 amide bonds.